The van der Waals surface area contributed by atoms with Gasteiger partial charge in [-0.05, 0) is 92.0 Å². The van der Waals surface area contributed by atoms with Gasteiger partial charge in [-0.15, -0.1) is 0 Å². The average molecular weight is 780 g/mol. The van der Waals surface area contributed by atoms with Crippen molar-refractivity contribution in [2.45, 2.75) is 0 Å². The largest absolute Gasteiger partial charge is 0.456 e. The summed E-state index contributed by atoms with van der Waals surface area (Å²) in [7, 11) is 0. The van der Waals surface area contributed by atoms with Crippen molar-refractivity contribution in [3.63, 3.8) is 0 Å². The van der Waals surface area contributed by atoms with Crippen LogP contribution in [0.25, 0.3) is 112 Å². The summed E-state index contributed by atoms with van der Waals surface area (Å²) >= 11 is 0. The second kappa shape index (κ2) is 15.5. The van der Waals surface area contributed by atoms with E-state index in [0.29, 0.717) is 17.5 Å². The zero-order chi connectivity index (χ0) is 40.5. The van der Waals surface area contributed by atoms with Crippen LogP contribution in [0, 0.1) is 0 Å². The van der Waals surface area contributed by atoms with Gasteiger partial charge in [-0.3, -0.25) is 0 Å². The second-order valence-electron chi connectivity index (χ2n) is 15.2. The number of rotatable bonds is 8. The van der Waals surface area contributed by atoms with Gasteiger partial charge in [0.2, 0.25) is 0 Å². The predicted octanol–water partition coefficient (Wildman–Crippen LogP) is 15.1. The van der Waals surface area contributed by atoms with Crippen molar-refractivity contribution in [1.82, 2.24) is 15.0 Å². The molecule has 2 aromatic heterocycles. The van der Waals surface area contributed by atoms with Crippen molar-refractivity contribution >= 4 is 21.9 Å². The molecule has 0 aliphatic rings. The van der Waals surface area contributed by atoms with Crippen LogP contribution in [-0.4, -0.2) is 15.0 Å². The van der Waals surface area contributed by atoms with Gasteiger partial charge in [0.25, 0.3) is 0 Å². The maximum absolute atomic E-state index is 6.57. The number of hydrogen-bond donors (Lipinski definition) is 0. The normalized spacial score (nSPS) is 11.3. The Hall–Kier alpha value is -8.21. The van der Waals surface area contributed by atoms with Crippen LogP contribution in [-0.2, 0) is 0 Å². The highest BCUT2D eigenvalue weighted by molar-refractivity contribution is 6.13. The molecule has 4 heteroatoms. The van der Waals surface area contributed by atoms with E-state index in [0.717, 1.165) is 77.6 Å². The fourth-order valence-electron chi connectivity index (χ4n) is 8.33. The van der Waals surface area contributed by atoms with Gasteiger partial charge >= 0.3 is 0 Å². The summed E-state index contributed by atoms with van der Waals surface area (Å²) in [5.74, 6) is 1.80. The molecule has 0 unspecified atom stereocenters. The highest BCUT2D eigenvalue weighted by atomic mass is 16.3. The predicted molar refractivity (Wildman–Crippen MR) is 251 cm³/mol. The monoisotopic (exact) mass is 779 g/mol. The number of benzene rings is 9. The SMILES string of the molecule is c1ccc(-c2cccc(-c3ccc(-c4ccc5oc6cccc(-c7nc(-c8ccccc8)nc(-c8cccc(-c9ccccc9)c8)n7)c6c5c4)c(-c4ccccc4)c3)c2)cc1. The molecule has 286 valence electrons. The number of aromatic nitrogens is 3. The highest BCUT2D eigenvalue weighted by Gasteiger charge is 2.20. The quantitative estimate of drug-likeness (QED) is 0.154. The molecule has 0 saturated heterocycles. The average Bonchev–Trinajstić information content (AvgIpc) is 3.73. The fraction of sp³-hybridized carbons (Fsp3) is 0. The van der Waals surface area contributed by atoms with E-state index in [4.69, 9.17) is 19.4 Å². The van der Waals surface area contributed by atoms with Crippen LogP contribution in [0.3, 0.4) is 0 Å². The molecule has 0 atom stereocenters. The molecule has 0 bridgehead atoms. The Morgan fingerprint density at radius 2 is 0.721 bits per heavy atom. The third-order valence-electron chi connectivity index (χ3n) is 11.3. The van der Waals surface area contributed by atoms with Gasteiger partial charge in [0.1, 0.15) is 11.2 Å². The summed E-state index contributed by atoms with van der Waals surface area (Å²) in [6, 6.07) is 78.3. The van der Waals surface area contributed by atoms with Crippen LogP contribution in [0.2, 0.25) is 0 Å². The first-order valence-electron chi connectivity index (χ1n) is 20.5. The van der Waals surface area contributed by atoms with Crippen LogP contribution in [0.4, 0.5) is 0 Å². The molecule has 4 nitrogen and oxygen atoms in total. The highest BCUT2D eigenvalue weighted by Crippen LogP contribution is 2.42. The standard InChI is InChI=1S/C57H37N3O/c1-5-16-38(17-6-1)42-24-13-26-44(34-42)45-30-32-48(50(36-45)40-20-9-3-10-21-40)46-31-33-52-51(37-46)54-49(28-15-29-53(54)61-52)57-59-55(41-22-11-4-12-23-41)58-56(60-57)47-27-14-25-43(35-47)39-18-7-2-8-19-39/h1-37H. The Balaban J connectivity index is 1.06. The first kappa shape index (κ1) is 35.9. The van der Waals surface area contributed by atoms with Gasteiger partial charge in [-0.2, -0.15) is 0 Å². The Morgan fingerprint density at radius 1 is 0.246 bits per heavy atom. The molecule has 0 fully saturated rings. The van der Waals surface area contributed by atoms with Gasteiger partial charge < -0.3 is 4.42 Å². The Labute approximate surface area is 354 Å². The van der Waals surface area contributed by atoms with Crippen molar-refractivity contribution < 1.29 is 4.42 Å². The number of hydrogen-bond acceptors (Lipinski definition) is 4. The van der Waals surface area contributed by atoms with E-state index in [1.165, 1.54) is 16.7 Å². The molecule has 0 radical (unpaired) electrons. The van der Waals surface area contributed by atoms with Gasteiger partial charge in [0, 0.05) is 27.5 Å². The molecule has 61 heavy (non-hydrogen) atoms. The summed E-state index contributed by atoms with van der Waals surface area (Å²) < 4.78 is 6.57. The summed E-state index contributed by atoms with van der Waals surface area (Å²) in [5, 5.41) is 1.96. The van der Waals surface area contributed by atoms with Crippen LogP contribution in [0.5, 0.6) is 0 Å². The number of nitrogens with zero attached hydrogens (tertiary/aromatic N) is 3. The van der Waals surface area contributed by atoms with Crippen molar-refractivity contribution in [2.24, 2.45) is 0 Å². The minimum absolute atomic E-state index is 0.583. The van der Waals surface area contributed by atoms with E-state index in [1.54, 1.807) is 0 Å². The van der Waals surface area contributed by atoms with Gasteiger partial charge in [-0.1, -0.05) is 188 Å². The minimum atomic E-state index is 0.583. The molecule has 2 heterocycles. The van der Waals surface area contributed by atoms with Gasteiger partial charge in [0.05, 0.1) is 0 Å². The van der Waals surface area contributed by atoms with E-state index in [-0.39, 0.29) is 0 Å². The Bertz CT molecular complexity index is 3340. The van der Waals surface area contributed by atoms with Crippen LogP contribution < -0.4 is 0 Å². The lowest BCUT2D eigenvalue weighted by Crippen LogP contribution is -2.00. The zero-order valence-corrected chi connectivity index (χ0v) is 33.1. The molecule has 0 N–H and O–H groups in total. The minimum Gasteiger partial charge on any atom is -0.456 e. The van der Waals surface area contributed by atoms with E-state index in [1.807, 2.05) is 48.5 Å². The van der Waals surface area contributed by atoms with Crippen LogP contribution in [0.1, 0.15) is 0 Å². The molecule has 0 saturated carbocycles. The molecular formula is C57H37N3O. The number of fused-ring (bicyclic) bond motifs is 3. The zero-order valence-electron chi connectivity index (χ0n) is 33.1. The summed E-state index contributed by atoms with van der Waals surface area (Å²) in [4.78, 5) is 15.4. The number of furan rings is 1. The lowest BCUT2D eigenvalue weighted by molar-refractivity contribution is 0.669. The fourth-order valence-corrected chi connectivity index (χ4v) is 8.33. The van der Waals surface area contributed by atoms with Crippen molar-refractivity contribution in [2.75, 3.05) is 0 Å². The molecule has 0 aliphatic heterocycles. The molecular weight excluding hydrogens is 743 g/mol. The first-order chi connectivity index (χ1) is 30.2. The molecule has 0 spiro atoms. The lowest BCUT2D eigenvalue weighted by atomic mass is 9.90. The van der Waals surface area contributed by atoms with Crippen LogP contribution in [0.15, 0.2) is 229 Å². The lowest BCUT2D eigenvalue weighted by Gasteiger charge is -2.14. The van der Waals surface area contributed by atoms with Crippen molar-refractivity contribution in [3.8, 4) is 89.8 Å². The molecule has 11 rings (SSSR count). The van der Waals surface area contributed by atoms with Gasteiger partial charge in [0.15, 0.2) is 17.5 Å². The third-order valence-corrected chi connectivity index (χ3v) is 11.3. The van der Waals surface area contributed by atoms with Crippen LogP contribution >= 0.6 is 0 Å². The molecule has 9 aromatic carbocycles. The maximum Gasteiger partial charge on any atom is 0.164 e. The van der Waals surface area contributed by atoms with Crippen molar-refractivity contribution in [1.29, 1.82) is 0 Å². The molecule has 0 aliphatic carbocycles. The first-order valence-corrected chi connectivity index (χ1v) is 20.5. The maximum atomic E-state index is 6.57. The molecule has 0 amide bonds. The van der Waals surface area contributed by atoms with E-state index in [2.05, 4.69) is 176 Å². The topological polar surface area (TPSA) is 51.8 Å². The third kappa shape index (κ3) is 6.96. The smallest absolute Gasteiger partial charge is 0.164 e. The van der Waals surface area contributed by atoms with E-state index >= 15 is 0 Å². The van der Waals surface area contributed by atoms with E-state index in [9.17, 15) is 0 Å². The molecule has 11 aromatic rings. The summed E-state index contributed by atoms with van der Waals surface area (Å²) in [6.07, 6.45) is 0. The second-order valence-corrected chi connectivity index (χ2v) is 15.2. The van der Waals surface area contributed by atoms with Crippen molar-refractivity contribution in [3.05, 3.63) is 224 Å². The van der Waals surface area contributed by atoms with Gasteiger partial charge in [-0.25, -0.2) is 15.0 Å². The summed E-state index contributed by atoms with van der Waals surface area (Å²) in [6.45, 7) is 0. The van der Waals surface area contributed by atoms with E-state index < -0.39 is 0 Å². The Morgan fingerprint density at radius 3 is 1.38 bits per heavy atom. The summed E-state index contributed by atoms with van der Waals surface area (Å²) in [5.41, 5.74) is 15.8. The Kier molecular flexibility index (Phi) is 9.14.